The first-order valence-electron chi connectivity index (χ1n) is 5.42. The number of amides is 1. The van der Waals surface area contributed by atoms with Crippen molar-refractivity contribution in [3.63, 3.8) is 0 Å². The number of carbonyl (C=O) groups is 1. The maximum atomic E-state index is 13.8. The molecule has 0 spiro atoms. The van der Waals surface area contributed by atoms with Crippen LogP contribution in [-0.2, 0) is 20.0 Å². The van der Waals surface area contributed by atoms with Crippen molar-refractivity contribution in [1.29, 1.82) is 0 Å². The molecule has 0 fully saturated rings. The van der Waals surface area contributed by atoms with Crippen molar-refractivity contribution < 1.29 is 23.4 Å². The molecule has 0 aliphatic carbocycles. The van der Waals surface area contributed by atoms with Gasteiger partial charge in [0, 0.05) is 13.5 Å². The number of hydrogen-bond acceptors (Lipinski definition) is 4. The Balaban J connectivity index is 3.16. The zero-order valence-corrected chi connectivity index (χ0v) is 10.3. The van der Waals surface area contributed by atoms with Gasteiger partial charge < -0.3 is 19.9 Å². The van der Waals surface area contributed by atoms with Gasteiger partial charge in [0.05, 0.1) is 5.56 Å². The monoisotopic (exact) mass is 257 g/mol. The Hall–Kier alpha value is -1.66. The van der Waals surface area contributed by atoms with Gasteiger partial charge in [-0.1, -0.05) is 19.1 Å². The van der Waals surface area contributed by atoms with E-state index < -0.39 is 17.7 Å². The molecule has 0 bridgehead atoms. The minimum atomic E-state index is -1.58. The van der Waals surface area contributed by atoms with E-state index >= 15 is 0 Å². The van der Waals surface area contributed by atoms with Gasteiger partial charge in [0.25, 0.3) is 0 Å². The fourth-order valence-corrected chi connectivity index (χ4v) is 1.61. The number of carbonyl (C=O) groups excluding carboxylic acids is 1. The van der Waals surface area contributed by atoms with E-state index in [4.69, 9.17) is 19.9 Å². The fraction of sp³-hybridized carbons (Fsp3) is 0.417. The average molecular weight is 257 g/mol. The molecular weight excluding hydrogens is 241 g/mol. The number of methoxy groups -OCH3 is 1. The van der Waals surface area contributed by atoms with Crippen molar-refractivity contribution in [2.75, 3.05) is 13.9 Å². The van der Waals surface area contributed by atoms with E-state index in [9.17, 15) is 9.18 Å². The summed E-state index contributed by atoms with van der Waals surface area (Å²) in [5.41, 5.74) is 5.11. The van der Waals surface area contributed by atoms with Crippen LogP contribution in [0.5, 0.6) is 0 Å². The number of primary amides is 1. The smallest absolute Gasteiger partial charge is 0.407 e. The van der Waals surface area contributed by atoms with Gasteiger partial charge >= 0.3 is 6.09 Å². The van der Waals surface area contributed by atoms with Crippen LogP contribution in [0.2, 0.25) is 0 Å². The highest BCUT2D eigenvalue weighted by atomic mass is 19.1. The molecule has 1 rings (SSSR count). The lowest BCUT2D eigenvalue weighted by Gasteiger charge is -2.31. The standard InChI is InChI=1S/C12H16FNO4/c1-3-12(17-8-16-2,18-11(14)15)9-6-4-5-7-10(9)13/h4-7H,3,8H2,1-2H3,(H2,14,15)/t12-/m1/s1. The average Bonchev–Trinajstić information content (AvgIpc) is 2.35. The van der Waals surface area contributed by atoms with Crippen LogP contribution in [0.25, 0.3) is 0 Å². The number of rotatable bonds is 6. The second-order valence-corrected chi connectivity index (χ2v) is 3.56. The van der Waals surface area contributed by atoms with Gasteiger partial charge in [-0.3, -0.25) is 0 Å². The van der Waals surface area contributed by atoms with E-state index in [1.165, 1.54) is 25.3 Å². The Kier molecular flexibility index (Phi) is 5.06. The molecule has 1 atom stereocenters. The lowest BCUT2D eigenvalue weighted by molar-refractivity contribution is -0.250. The van der Waals surface area contributed by atoms with Gasteiger partial charge in [0.1, 0.15) is 5.82 Å². The van der Waals surface area contributed by atoms with Crippen LogP contribution in [0.15, 0.2) is 24.3 Å². The lowest BCUT2D eigenvalue weighted by Crippen LogP contribution is -2.38. The van der Waals surface area contributed by atoms with Gasteiger partial charge in [0.15, 0.2) is 6.79 Å². The molecule has 1 aromatic rings. The molecule has 100 valence electrons. The van der Waals surface area contributed by atoms with Gasteiger partial charge in [-0.05, 0) is 12.1 Å². The summed E-state index contributed by atoms with van der Waals surface area (Å²) in [7, 11) is 1.41. The summed E-state index contributed by atoms with van der Waals surface area (Å²) >= 11 is 0. The number of benzene rings is 1. The van der Waals surface area contributed by atoms with Gasteiger partial charge in [0.2, 0.25) is 5.79 Å². The van der Waals surface area contributed by atoms with Crippen LogP contribution in [0, 0.1) is 5.82 Å². The van der Waals surface area contributed by atoms with E-state index in [1.54, 1.807) is 13.0 Å². The van der Waals surface area contributed by atoms with Crippen molar-refractivity contribution in [2.45, 2.75) is 19.1 Å². The predicted molar refractivity (Wildman–Crippen MR) is 62.0 cm³/mol. The van der Waals surface area contributed by atoms with Gasteiger partial charge in [-0.2, -0.15) is 0 Å². The van der Waals surface area contributed by atoms with E-state index in [0.717, 1.165) is 0 Å². The van der Waals surface area contributed by atoms with E-state index in [-0.39, 0.29) is 18.8 Å². The van der Waals surface area contributed by atoms with Crippen molar-refractivity contribution in [3.8, 4) is 0 Å². The van der Waals surface area contributed by atoms with Crippen LogP contribution in [0.4, 0.5) is 9.18 Å². The molecule has 6 heteroatoms. The molecule has 0 aromatic heterocycles. The highest BCUT2D eigenvalue weighted by molar-refractivity contribution is 5.65. The molecule has 0 radical (unpaired) electrons. The molecule has 0 unspecified atom stereocenters. The maximum Gasteiger partial charge on any atom is 0.407 e. The summed E-state index contributed by atoms with van der Waals surface area (Å²) in [4.78, 5) is 11.0. The van der Waals surface area contributed by atoms with Crippen molar-refractivity contribution in [2.24, 2.45) is 5.73 Å². The number of ether oxygens (including phenoxy) is 3. The Bertz CT molecular complexity index is 413. The highest BCUT2D eigenvalue weighted by Gasteiger charge is 2.38. The van der Waals surface area contributed by atoms with Crippen LogP contribution in [0.3, 0.4) is 0 Å². The molecule has 0 saturated carbocycles. The molecule has 2 N–H and O–H groups in total. The van der Waals surface area contributed by atoms with Crippen LogP contribution in [-0.4, -0.2) is 20.0 Å². The fourth-order valence-electron chi connectivity index (χ4n) is 1.61. The summed E-state index contributed by atoms with van der Waals surface area (Å²) in [6, 6.07) is 5.86. The Morgan fingerprint density at radius 2 is 2.11 bits per heavy atom. The molecule has 18 heavy (non-hydrogen) atoms. The molecule has 0 saturated heterocycles. The first-order chi connectivity index (χ1) is 8.55. The quantitative estimate of drug-likeness (QED) is 0.792. The van der Waals surface area contributed by atoms with Gasteiger partial charge in [-0.15, -0.1) is 0 Å². The molecule has 5 nitrogen and oxygen atoms in total. The third-order valence-corrected chi connectivity index (χ3v) is 2.43. The molecule has 1 amide bonds. The Morgan fingerprint density at radius 3 is 2.61 bits per heavy atom. The Morgan fingerprint density at radius 1 is 1.44 bits per heavy atom. The van der Waals surface area contributed by atoms with Gasteiger partial charge in [-0.25, -0.2) is 9.18 Å². The topological polar surface area (TPSA) is 70.8 Å². The lowest BCUT2D eigenvalue weighted by atomic mass is 10.0. The number of halogens is 1. The zero-order valence-electron chi connectivity index (χ0n) is 10.3. The Labute approximate surface area is 105 Å². The predicted octanol–water partition coefficient (Wildman–Crippen LogP) is 2.10. The molecule has 0 aliphatic heterocycles. The summed E-state index contributed by atoms with van der Waals surface area (Å²) in [6.45, 7) is 1.53. The number of nitrogens with two attached hydrogens (primary N) is 1. The second kappa shape index (κ2) is 6.32. The summed E-state index contributed by atoms with van der Waals surface area (Å²) in [5.74, 6) is -2.12. The molecule has 0 heterocycles. The summed E-state index contributed by atoms with van der Waals surface area (Å²) in [5, 5.41) is 0. The van der Waals surface area contributed by atoms with E-state index in [1.807, 2.05) is 0 Å². The van der Waals surface area contributed by atoms with Crippen molar-refractivity contribution >= 4 is 6.09 Å². The highest BCUT2D eigenvalue weighted by Crippen LogP contribution is 2.32. The first kappa shape index (κ1) is 14.4. The summed E-state index contributed by atoms with van der Waals surface area (Å²) in [6.07, 6.45) is -0.851. The van der Waals surface area contributed by atoms with Crippen LogP contribution >= 0.6 is 0 Å². The van der Waals surface area contributed by atoms with Crippen molar-refractivity contribution in [1.82, 2.24) is 0 Å². The SMILES string of the molecule is CC[C@@](OCOC)(OC(N)=O)c1ccccc1F. The molecular formula is C12H16FNO4. The largest absolute Gasteiger partial charge is 0.412 e. The third-order valence-electron chi connectivity index (χ3n) is 2.43. The normalized spacial score (nSPS) is 13.9. The number of hydrogen-bond donors (Lipinski definition) is 1. The van der Waals surface area contributed by atoms with Crippen molar-refractivity contribution in [3.05, 3.63) is 35.6 Å². The summed E-state index contributed by atoms with van der Waals surface area (Å²) < 4.78 is 28.8. The maximum absolute atomic E-state index is 13.8. The van der Waals surface area contributed by atoms with E-state index in [2.05, 4.69) is 0 Å². The van der Waals surface area contributed by atoms with E-state index in [0.29, 0.717) is 0 Å². The zero-order chi connectivity index (χ0) is 13.6. The minimum absolute atomic E-state index is 0.100. The minimum Gasteiger partial charge on any atom is -0.412 e. The second-order valence-electron chi connectivity index (χ2n) is 3.56. The third kappa shape index (κ3) is 3.18. The molecule has 1 aromatic carbocycles. The first-order valence-corrected chi connectivity index (χ1v) is 5.42. The van der Waals surface area contributed by atoms with Crippen LogP contribution < -0.4 is 5.73 Å². The molecule has 0 aliphatic rings. The van der Waals surface area contributed by atoms with Crippen LogP contribution in [0.1, 0.15) is 18.9 Å².